The molecule has 0 bridgehead atoms. The van der Waals surface area contributed by atoms with Gasteiger partial charge in [0.2, 0.25) is 0 Å². The van der Waals surface area contributed by atoms with Gasteiger partial charge in [0.1, 0.15) is 5.82 Å². The van der Waals surface area contributed by atoms with Gasteiger partial charge in [0.25, 0.3) is 0 Å². The standard InChI is InChI=1S/C10H6FN/c1-8-4-5-9(3-2-6-12)10(11)7-8/h4-5,7H,1H3. The molecule has 2 heteroatoms. The monoisotopic (exact) mass is 159 g/mol. The highest BCUT2D eigenvalue weighted by atomic mass is 19.1. The maximum Gasteiger partial charge on any atom is 0.152 e. The molecule has 1 aromatic rings. The lowest BCUT2D eigenvalue weighted by molar-refractivity contribution is 0.623. The van der Waals surface area contributed by atoms with E-state index in [-0.39, 0.29) is 11.4 Å². The quantitative estimate of drug-likeness (QED) is 0.531. The molecule has 12 heavy (non-hydrogen) atoms. The fourth-order valence-electron chi connectivity index (χ4n) is 0.817. The summed E-state index contributed by atoms with van der Waals surface area (Å²) in [5.41, 5.74) is 1.11. The van der Waals surface area contributed by atoms with Crippen LogP contribution in [-0.4, -0.2) is 0 Å². The molecule has 0 aliphatic rings. The SMILES string of the molecule is Cc1ccc(C#CC#N)c(F)c1. The Balaban J connectivity index is 3.12. The number of hydrogen-bond donors (Lipinski definition) is 0. The van der Waals surface area contributed by atoms with E-state index in [1.807, 2.05) is 0 Å². The molecule has 0 amide bonds. The molecule has 0 heterocycles. The molecule has 0 unspecified atom stereocenters. The lowest BCUT2D eigenvalue weighted by atomic mass is 10.1. The van der Waals surface area contributed by atoms with Crippen molar-refractivity contribution in [3.63, 3.8) is 0 Å². The summed E-state index contributed by atoms with van der Waals surface area (Å²) in [4.78, 5) is 0. The van der Waals surface area contributed by atoms with E-state index in [9.17, 15) is 4.39 Å². The minimum atomic E-state index is -0.377. The molecule has 0 saturated heterocycles. The van der Waals surface area contributed by atoms with Gasteiger partial charge in [0.05, 0.1) is 5.56 Å². The van der Waals surface area contributed by atoms with Crippen molar-refractivity contribution in [2.75, 3.05) is 0 Å². The molecule has 0 saturated carbocycles. The Hall–Kier alpha value is -1.80. The summed E-state index contributed by atoms with van der Waals surface area (Å²) in [5, 5.41) is 8.13. The van der Waals surface area contributed by atoms with Gasteiger partial charge in [0.15, 0.2) is 6.07 Å². The average Bonchev–Trinajstić information content (AvgIpc) is 2.03. The topological polar surface area (TPSA) is 23.8 Å². The molecule has 0 aromatic heterocycles. The largest absolute Gasteiger partial charge is 0.206 e. The number of nitriles is 1. The van der Waals surface area contributed by atoms with E-state index in [0.29, 0.717) is 0 Å². The van der Waals surface area contributed by atoms with Crippen LogP contribution >= 0.6 is 0 Å². The molecule has 0 radical (unpaired) electrons. The van der Waals surface area contributed by atoms with E-state index in [2.05, 4.69) is 11.8 Å². The predicted octanol–water partition coefficient (Wildman–Crippen LogP) is 2.01. The second-order valence-electron chi connectivity index (χ2n) is 2.35. The molecule has 0 fully saturated rings. The van der Waals surface area contributed by atoms with Gasteiger partial charge in [-0.05, 0) is 30.5 Å². The first-order valence-corrected chi connectivity index (χ1v) is 3.40. The molecule has 0 aliphatic heterocycles. The molecule has 0 atom stereocenters. The van der Waals surface area contributed by atoms with Gasteiger partial charge >= 0.3 is 0 Å². The molecule has 1 nitrogen and oxygen atoms in total. The maximum absolute atomic E-state index is 13.0. The lowest BCUT2D eigenvalue weighted by Crippen LogP contribution is -1.83. The number of aryl methyl sites for hydroxylation is 1. The predicted molar refractivity (Wildman–Crippen MR) is 43.6 cm³/mol. The van der Waals surface area contributed by atoms with Crippen LogP contribution in [0.5, 0.6) is 0 Å². The Bertz CT molecular complexity index is 391. The third kappa shape index (κ3) is 1.84. The molecule has 0 aliphatic carbocycles. The smallest absolute Gasteiger partial charge is 0.152 e. The fourth-order valence-corrected chi connectivity index (χ4v) is 0.817. The minimum Gasteiger partial charge on any atom is -0.206 e. The van der Waals surface area contributed by atoms with Gasteiger partial charge in [-0.1, -0.05) is 6.07 Å². The zero-order chi connectivity index (χ0) is 8.97. The first-order valence-electron chi connectivity index (χ1n) is 3.40. The van der Waals surface area contributed by atoms with E-state index in [1.54, 1.807) is 25.1 Å². The number of nitrogens with zero attached hydrogens (tertiary/aromatic N) is 1. The average molecular weight is 159 g/mol. The Morgan fingerprint density at radius 2 is 2.17 bits per heavy atom. The molecule has 58 valence electrons. The van der Waals surface area contributed by atoms with Crippen LogP contribution < -0.4 is 0 Å². The maximum atomic E-state index is 13.0. The third-order valence-electron chi connectivity index (χ3n) is 1.38. The number of hydrogen-bond acceptors (Lipinski definition) is 1. The molecular formula is C10H6FN. The van der Waals surface area contributed by atoms with Gasteiger partial charge in [0, 0.05) is 5.92 Å². The molecule has 1 rings (SSSR count). The van der Waals surface area contributed by atoms with Crippen molar-refractivity contribution < 1.29 is 4.39 Å². The van der Waals surface area contributed by atoms with Crippen molar-refractivity contribution in [2.24, 2.45) is 0 Å². The van der Waals surface area contributed by atoms with E-state index < -0.39 is 0 Å². The second-order valence-corrected chi connectivity index (χ2v) is 2.35. The Labute approximate surface area is 70.4 Å². The summed E-state index contributed by atoms with van der Waals surface area (Å²) in [5.74, 6) is 4.17. The third-order valence-corrected chi connectivity index (χ3v) is 1.38. The van der Waals surface area contributed by atoms with E-state index in [1.165, 1.54) is 6.07 Å². The van der Waals surface area contributed by atoms with Crippen LogP contribution in [0.3, 0.4) is 0 Å². The number of benzene rings is 1. The van der Waals surface area contributed by atoms with E-state index in [4.69, 9.17) is 5.26 Å². The normalized spacial score (nSPS) is 8.08. The molecular weight excluding hydrogens is 153 g/mol. The van der Waals surface area contributed by atoms with E-state index in [0.717, 1.165) is 5.56 Å². The van der Waals surface area contributed by atoms with Gasteiger partial charge < -0.3 is 0 Å². The minimum absolute atomic E-state index is 0.266. The van der Waals surface area contributed by atoms with Crippen LogP contribution in [0.2, 0.25) is 0 Å². The zero-order valence-corrected chi connectivity index (χ0v) is 6.56. The zero-order valence-electron chi connectivity index (χ0n) is 6.56. The summed E-state index contributed by atoms with van der Waals surface area (Å²) < 4.78 is 13.0. The highest BCUT2D eigenvalue weighted by molar-refractivity contribution is 5.40. The van der Waals surface area contributed by atoms with Crippen LogP contribution in [-0.2, 0) is 0 Å². The van der Waals surface area contributed by atoms with Gasteiger partial charge in [-0.15, -0.1) is 0 Å². The Kier molecular flexibility index (Phi) is 2.46. The number of halogens is 1. The van der Waals surface area contributed by atoms with Crippen LogP contribution in [0.15, 0.2) is 18.2 Å². The number of rotatable bonds is 0. The van der Waals surface area contributed by atoms with Gasteiger partial charge in [-0.3, -0.25) is 0 Å². The van der Waals surface area contributed by atoms with Crippen molar-refractivity contribution in [1.82, 2.24) is 0 Å². The highest BCUT2D eigenvalue weighted by Crippen LogP contribution is 2.07. The Morgan fingerprint density at radius 3 is 2.75 bits per heavy atom. The van der Waals surface area contributed by atoms with Crippen molar-refractivity contribution in [2.45, 2.75) is 6.92 Å². The van der Waals surface area contributed by atoms with Crippen molar-refractivity contribution >= 4 is 0 Å². The first-order chi connectivity index (χ1) is 5.74. The summed E-state index contributed by atoms with van der Waals surface area (Å²) in [6, 6.07) is 6.34. The summed E-state index contributed by atoms with van der Waals surface area (Å²) in [7, 11) is 0. The van der Waals surface area contributed by atoms with Crippen molar-refractivity contribution in [3.8, 4) is 17.9 Å². The van der Waals surface area contributed by atoms with Crippen LogP contribution in [0.1, 0.15) is 11.1 Å². The Morgan fingerprint density at radius 1 is 1.42 bits per heavy atom. The summed E-state index contributed by atoms with van der Waals surface area (Å²) >= 11 is 0. The van der Waals surface area contributed by atoms with Crippen molar-refractivity contribution in [3.05, 3.63) is 35.1 Å². The van der Waals surface area contributed by atoms with E-state index >= 15 is 0 Å². The highest BCUT2D eigenvalue weighted by Gasteiger charge is 1.97. The molecule has 0 N–H and O–H groups in total. The summed E-state index contributed by atoms with van der Waals surface area (Å²) in [6.07, 6.45) is 0. The second kappa shape index (κ2) is 3.55. The summed E-state index contributed by atoms with van der Waals surface area (Å²) in [6.45, 7) is 1.80. The fraction of sp³-hybridized carbons (Fsp3) is 0.100. The van der Waals surface area contributed by atoms with Crippen LogP contribution in [0.25, 0.3) is 0 Å². The van der Waals surface area contributed by atoms with Crippen LogP contribution in [0.4, 0.5) is 4.39 Å². The van der Waals surface area contributed by atoms with Crippen LogP contribution in [0, 0.1) is 35.9 Å². The molecule has 0 spiro atoms. The van der Waals surface area contributed by atoms with Crippen molar-refractivity contribution in [1.29, 1.82) is 5.26 Å². The lowest BCUT2D eigenvalue weighted by Gasteiger charge is -1.94. The first kappa shape index (κ1) is 8.30. The van der Waals surface area contributed by atoms with Gasteiger partial charge in [-0.2, -0.15) is 5.26 Å². The van der Waals surface area contributed by atoms with Gasteiger partial charge in [-0.25, -0.2) is 4.39 Å². The molecule has 1 aromatic carbocycles.